The number of carboxylic acid groups (broad SMARTS) is 1. The summed E-state index contributed by atoms with van der Waals surface area (Å²) in [4.78, 5) is 35.6. The molecular weight excluding hydrogens is 458 g/mol. The Morgan fingerprint density at radius 3 is 2.14 bits per heavy atom. The Balaban J connectivity index is 1.31. The quantitative estimate of drug-likeness (QED) is 0.497. The first kappa shape index (κ1) is 24.6. The molecule has 4 rings (SSSR count). The Morgan fingerprint density at radius 2 is 1.60 bits per heavy atom. The van der Waals surface area contributed by atoms with Crippen LogP contribution < -0.4 is 10.6 Å². The molecule has 0 spiro atoms. The zero-order valence-electron chi connectivity index (χ0n) is 19.5. The topological polar surface area (TPSA) is 105 Å². The average molecular weight is 487 g/mol. The lowest BCUT2D eigenvalue weighted by Gasteiger charge is -2.20. The van der Waals surface area contributed by atoms with E-state index in [-0.39, 0.29) is 24.9 Å². The van der Waals surface area contributed by atoms with Gasteiger partial charge in [-0.25, -0.2) is 13.6 Å². The van der Waals surface area contributed by atoms with E-state index in [9.17, 15) is 23.2 Å². The van der Waals surface area contributed by atoms with E-state index in [1.54, 1.807) is 13.8 Å². The number of carbonyl (C=O) groups is 3. The van der Waals surface area contributed by atoms with Crippen molar-refractivity contribution in [2.75, 3.05) is 13.2 Å². The minimum absolute atomic E-state index is 0.0517. The highest BCUT2D eigenvalue weighted by Crippen LogP contribution is 2.55. The molecule has 2 aliphatic carbocycles. The van der Waals surface area contributed by atoms with Crippen LogP contribution in [0.5, 0.6) is 0 Å². The van der Waals surface area contributed by atoms with Crippen LogP contribution in [0.25, 0.3) is 11.1 Å². The number of alkyl carbamates (subject to hydrolysis) is 1. The maximum absolute atomic E-state index is 14.3. The van der Waals surface area contributed by atoms with Crippen LogP contribution in [-0.4, -0.2) is 48.2 Å². The van der Waals surface area contributed by atoms with Crippen LogP contribution in [0.15, 0.2) is 48.5 Å². The van der Waals surface area contributed by atoms with Crippen molar-refractivity contribution in [3.05, 3.63) is 59.7 Å². The summed E-state index contributed by atoms with van der Waals surface area (Å²) in [5, 5.41) is 13.7. The normalized spacial score (nSPS) is 20.5. The zero-order chi connectivity index (χ0) is 25.3. The fourth-order valence-electron chi connectivity index (χ4n) is 4.76. The van der Waals surface area contributed by atoms with Gasteiger partial charge >= 0.3 is 12.1 Å². The Hall–Kier alpha value is -3.49. The lowest BCUT2D eigenvalue weighted by Crippen LogP contribution is -2.42. The fourth-order valence-corrected chi connectivity index (χ4v) is 4.76. The van der Waals surface area contributed by atoms with Gasteiger partial charge in [-0.05, 0) is 28.2 Å². The molecule has 1 fully saturated rings. The largest absolute Gasteiger partial charge is 0.481 e. The SMILES string of the molecule is CC(C)[C@@H](CC(=O)O)NC(=O)[C@@H]1[C@H](CNC(=O)OCC2c3ccccc3-c3ccccc32)C1(F)F. The van der Waals surface area contributed by atoms with E-state index in [4.69, 9.17) is 9.84 Å². The molecule has 3 N–H and O–H groups in total. The molecule has 7 nitrogen and oxygen atoms in total. The predicted octanol–water partition coefficient (Wildman–Crippen LogP) is 4.02. The number of hydrogen-bond acceptors (Lipinski definition) is 4. The monoisotopic (exact) mass is 486 g/mol. The number of nitrogens with one attached hydrogen (secondary N) is 2. The summed E-state index contributed by atoms with van der Waals surface area (Å²) >= 11 is 0. The van der Waals surface area contributed by atoms with Gasteiger partial charge in [0.25, 0.3) is 5.92 Å². The number of carboxylic acids is 1. The zero-order valence-corrected chi connectivity index (χ0v) is 19.5. The standard InChI is InChI=1S/C26H28F2N2O5/c1-14(2)21(11-22(31)32)30-24(33)23-20(26(23,27)28)12-29-25(34)35-13-19-17-9-5-3-7-15(17)16-8-4-6-10-18(16)19/h3-10,14,19-21,23H,11-13H2,1-2H3,(H,29,34)(H,30,33)(H,31,32)/t20-,21+,23-/m0/s1. The van der Waals surface area contributed by atoms with Crippen LogP contribution in [0, 0.1) is 17.8 Å². The lowest BCUT2D eigenvalue weighted by molar-refractivity contribution is -0.138. The predicted molar refractivity (Wildman–Crippen MR) is 124 cm³/mol. The molecule has 3 atom stereocenters. The van der Waals surface area contributed by atoms with Crippen LogP contribution in [0.4, 0.5) is 13.6 Å². The van der Waals surface area contributed by atoms with Gasteiger partial charge in [-0.1, -0.05) is 62.4 Å². The van der Waals surface area contributed by atoms with Crippen molar-refractivity contribution in [3.63, 3.8) is 0 Å². The number of benzene rings is 2. The summed E-state index contributed by atoms with van der Waals surface area (Å²) in [5.74, 6) is -8.71. The van der Waals surface area contributed by atoms with E-state index in [0.717, 1.165) is 22.3 Å². The molecule has 0 aliphatic heterocycles. The van der Waals surface area contributed by atoms with Crippen molar-refractivity contribution in [1.82, 2.24) is 10.6 Å². The van der Waals surface area contributed by atoms with Crippen LogP contribution in [0.2, 0.25) is 0 Å². The molecule has 2 amide bonds. The van der Waals surface area contributed by atoms with Gasteiger partial charge in [0.2, 0.25) is 5.91 Å². The van der Waals surface area contributed by atoms with Crippen LogP contribution >= 0.6 is 0 Å². The van der Waals surface area contributed by atoms with Crippen molar-refractivity contribution in [3.8, 4) is 11.1 Å². The molecule has 0 aromatic heterocycles. The summed E-state index contributed by atoms with van der Waals surface area (Å²) in [6, 6.07) is 14.9. The molecule has 9 heteroatoms. The number of alkyl halides is 2. The van der Waals surface area contributed by atoms with E-state index < -0.39 is 48.3 Å². The molecule has 1 saturated carbocycles. The van der Waals surface area contributed by atoms with Gasteiger partial charge in [-0.2, -0.15) is 0 Å². The van der Waals surface area contributed by atoms with E-state index in [2.05, 4.69) is 10.6 Å². The van der Waals surface area contributed by atoms with Gasteiger partial charge in [0.1, 0.15) is 12.5 Å². The summed E-state index contributed by atoms with van der Waals surface area (Å²) in [6.45, 7) is 3.04. The van der Waals surface area contributed by atoms with E-state index in [1.165, 1.54) is 0 Å². The summed E-state index contributed by atoms with van der Waals surface area (Å²) < 4.78 is 33.9. The second-order valence-electron chi connectivity index (χ2n) is 9.42. The highest BCUT2D eigenvalue weighted by molar-refractivity contribution is 5.84. The second-order valence-corrected chi connectivity index (χ2v) is 9.42. The number of halogens is 2. The highest BCUT2D eigenvalue weighted by Gasteiger charge is 2.71. The lowest BCUT2D eigenvalue weighted by atomic mass is 9.98. The van der Waals surface area contributed by atoms with Gasteiger partial charge < -0.3 is 20.5 Å². The maximum Gasteiger partial charge on any atom is 0.407 e. The van der Waals surface area contributed by atoms with Crippen molar-refractivity contribution >= 4 is 18.0 Å². The number of ether oxygens (including phenoxy) is 1. The van der Waals surface area contributed by atoms with Crippen LogP contribution in [0.3, 0.4) is 0 Å². The van der Waals surface area contributed by atoms with Crippen molar-refractivity contribution in [2.45, 2.75) is 38.2 Å². The number of amides is 2. The third kappa shape index (κ3) is 4.99. The number of rotatable bonds is 9. The average Bonchev–Trinajstić information content (AvgIpc) is 3.22. The fraction of sp³-hybridized carbons (Fsp3) is 0.423. The van der Waals surface area contributed by atoms with Gasteiger partial charge in [0, 0.05) is 18.5 Å². The maximum atomic E-state index is 14.3. The minimum Gasteiger partial charge on any atom is -0.481 e. The molecule has 2 aromatic rings. The van der Waals surface area contributed by atoms with E-state index in [0.29, 0.717) is 0 Å². The summed E-state index contributed by atoms with van der Waals surface area (Å²) in [6.07, 6.45) is -1.19. The van der Waals surface area contributed by atoms with Crippen LogP contribution in [0.1, 0.15) is 37.3 Å². The molecule has 2 aromatic carbocycles. The second kappa shape index (κ2) is 9.64. The first-order valence-corrected chi connectivity index (χ1v) is 11.6. The number of hydrogen-bond donors (Lipinski definition) is 3. The Morgan fingerprint density at radius 1 is 1.03 bits per heavy atom. The molecule has 0 radical (unpaired) electrons. The minimum atomic E-state index is -3.29. The molecule has 2 aliphatic rings. The molecule has 186 valence electrons. The third-order valence-corrected chi connectivity index (χ3v) is 6.82. The number of fused-ring (bicyclic) bond motifs is 3. The third-order valence-electron chi connectivity index (χ3n) is 6.82. The van der Waals surface area contributed by atoms with Gasteiger partial charge in [0.15, 0.2) is 0 Å². The van der Waals surface area contributed by atoms with Crippen molar-refractivity contribution < 1.29 is 33.0 Å². The number of carbonyl (C=O) groups excluding carboxylic acids is 2. The Labute approximate surface area is 201 Å². The Bertz CT molecular complexity index is 1090. The first-order valence-electron chi connectivity index (χ1n) is 11.6. The molecule has 0 saturated heterocycles. The number of aliphatic carboxylic acids is 1. The van der Waals surface area contributed by atoms with E-state index in [1.807, 2.05) is 48.5 Å². The molecule has 35 heavy (non-hydrogen) atoms. The van der Waals surface area contributed by atoms with Crippen LogP contribution in [-0.2, 0) is 14.3 Å². The van der Waals surface area contributed by atoms with E-state index >= 15 is 0 Å². The van der Waals surface area contributed by atoms with Gasteiger partial charge in [0.05, 0.1) is 12.3 Å². The van der Waals surface area contributed by atoms with Crippen molar-refractivity contribution in [1.29, 1.82) is 0 Å². The van der Waals surface area contributed by atoms with Gasteiger partial charge in [-0.3, -0.25) is 9.59 Å². The molecule has 0 bridgehead atoms. The molecule has 0 heterocycles. The Kier molecular flexibility index (Phi) is 6.78. The first-order chi connectivity index (χ1) is 16.6. The smallest absolute Gasteiger partial charge is 0.407 e. The summed E-state index contributed by atoms with van der Waals surface area (Å²) in [5.41, 5.74) is 4.22. The van der Waals surface area contributed by atoms with Gasteiger partial charge in [-0.15, -0.1) is 0 Å². The molecular formula is C26H28F2N2O5. The summed E-state index contributed by atoms with van der Waals surface area (Å²) in [7, 11) is 0. The highest BCUT2D eigenvalue weighted by atomic mass is 19.3. The van der Waals surface area contributed by atoms with Crippen molar-refractivity contribution in [2.24, 2.45) is 17.8 Å². The molecule has 0 unspecified atom stereocenters.